The summed E-state index contributed by atoms with van der Waals surface area (Å²) in [5.41, 5.74) is 2.20. The van der Waals surface area contributed by atoms with E-state index >= 15 is 0 Å². The van der Waals surface area contributed by atoms with E-state index in [1.54, 1.807) is 35.5 Å². The molecule has 7 heteroatoms. The fourth-order valence-corrected chi connectivity index (χ4v) is 2.76. The van der Waals surface area contributed by atoms with Gasteiger partial charge < -0.3 is 4.74 Å². The number of hydrogen-bond donors (Lipinski definition) is 0. The van der Waals surface area contributed by atoms with Crippen molar-refractivity contribution < 1.29 is 9.53 Å². The number of benzene rings is 1. The molecule has 126 valence electrons. The maximum absolute atomic E-state index is 12.7. The van der Waals surface area contributed by atoms with Crippen LogP contribution in [0.25, 0.3) is 5.69 Å². The van der Waals surface area contributed by atoms with Crippen LogP contribution in [0.15, 0.2) is 49.3 Å². The summed E-state index contributed by atoms with van der Waals surface area (Å²) in [6.07, 6.45) is 8.09. The molecule has 2 heterocycles. The van der Waals surface area contributed by atoms with E-state index in [0.717, 1.165) is 24.1 Å². The number of esters is 1. The third-order valence-corrected chi connectivity index (χ3v) is 4.24. The van der Waals surface area contributed by atoms with E-state index in [4.69, 9.17) is 4.74 Å². The zero-order valence-electron chi connectivity index (χ0n) is 13.7. The fraction of sp³-hybridized carbons (Fsp3) is 0.278. The molecule has 0 saturated heterocycles. The van der Waals surface area contributed by atoms with E-state index < -0.39 is 0 Å². The van der Waals surface area contributed by atoms with Crippen molar-refractivity contribution in [2.75, 3.05) is 0 Å². The van der Waals surface area contributed by atoms with Crippen molar-refractivity contribution in [3.63, 3.8) is 0 Å². The van der Waals surface area contributed by atoms with E-state index in [1.807, 2.05) is 19.1 Å². The number of rotatable bonds is 5. The first-order chi connectivity index (χ1) is 12.2. The number of carbonyl (C=O) groups excluding carboxylic acids is 1. The number of carbonyl (C=O) groups is 1. The average Bonchev–Trinajstić information content (AvgIpc) is 3.33. The second-order valence-electron chi connectivity index (χ2n) is 6.11. The molecule has 1 aliphatic carbocycles. The highest BCUT2D eigenvalue weighted by Gasteiger charge is 2.37. The Morgan fingerprint density at radius 3 is 2.72 bits per heavy atom. The van der Waals surface area contributed by atoms with Gasteiger partial charge in [0.05, 0.1) is 11.3 Å². The molecule has 1 aromatic carbocycles. The predicted molar refractivity (Wildman–Crippen MR) is 89.0 cm³/mol. The second-order valence-corrected chi connectivity index (χ2v) is 6.11. The largest absolute Gasteiger partial charge is 0.450 e. The summed E-state index contributed by atoms with van der Waals surface area (Å²) < 4.78 is 7.40. The van der Waals surface area contributed by atoms with Crippen molar-refractivity contribution in [1.29, 1.82) is 0 Å². The molecule has 0 unspecified atom stereocenters. The summed E-state index contributed by atoms with van der Waals surface area (Å²) >= 11 is 0. The van der Waals surface area contributed by atoms with Gasteiger partial charge in [-0.2, -0.15) is 5.10 Å². The van der Waals surface area contributed by atoms with E-state index in [9.17, 15) is 4.79 Å². The smallest absolute Gasteiger partial charge is 0.339 e. The summed E-state index contributed by atoms with van der Waals surface area (Å²) in [5.74, 6) is 0.517. The molecule has 1 atom stereocenters. The molecule has 0 N–H and O–H groups in total. The maximum atomic E-state index is 12.7. The van der Waals surface area contributed by atoms with Crippen LogP contribution < -0.4 is 0 Å². The number of hydrogen-bond acceptors (Lipinski definition) is 6. The van der Waals surface area contributed by atoms with Gasteiger partial charge in [0, 0.05) is 18.3 Å². The molecule has 0 bridgehead atoms. The minimum Gasteiger partial charge on any atom is -0.450 e. The minimum atomic E-state index is -0.386. The van der Waals surface area contributed by atoms with Gasteiger partial charge in [-0.25, -0.2) is 24.4 Å². The lowest BCUT2D eigenvalue weighted by molar-refractivity contribution is 0.0217. The van der Waals surface area contributed by atoms with Crippen molar-refractivity contribution in [1.82, 2.24) is 24.7 Å². The Labute approximate surface area is 144 Å². The molecular weight excluding hydrogens is 318 g/mol. The monoisotopic (exact) mass is 335 g/mol. The maximum Gasteiger partial charge on any atom is 0.339 e. The normalized spacial score (nSPS) is 14.9. The highest BCUT2D eigenvalue weighted by Crippen LogP contribution is 2.42. The van der Waals surface area contributed by atoms with Crippen molar-refractivity contribution in [3.8, 4) is 5.69 Å². The van der Waals surface area contributed by atoms with Gasteiger partial charge in [0.15, 0.2) is 11.9 Å². The average molecular weight is 335 g/mol. The van der Waals surface area contributed by atoms with Gasteiger partial charge in [-0.1, -0.05) is 0 Å². The van der Waals surface area contributed by atoms with Crippen LogP contribution in [-0.4, -0.2) is 30.7 Å². The van der Waals surface area contributed by atoms with Gasteiger partial charge in [0.1, 0.15) is 12.7 Å². The van der Waals surface area contributed by atoms with Crippen molar-refractivity contribution >= 4 is 5.97 Å². The highest BCUT2D eigenvalue weighted by atomic mass is 16.5. The summed E-state index contributed by atoms with van der Waals surface area (Å²) in [6, 6.07) is 7.21. The van der Waals surface area contributed by atoms with Crippen LogP contribution in [0.4, 0.5) is 0 Å². The molecule has 1 aliphatic rings. The first-order valence-electron chi connectivity index (χ1n) is 8.16. The Morgan fingerprint density at radius 1 is 1.28 bits per heavy atom. The van der Waals surface area contributed by atoms with Crippen LogP contribution >= 0.6 is 0 Å². The number of aromatic nitrogens is 5. The Balaban J connectivity index is 1.56. The summed E-state index contributed by atoms with van der Waals surface area (Å²) in [6.45, 7) is 1.88. The second kappa shape index (κ2) is 6.43. The van der Waals surface area contributed by atoms with Gasteiger partial charge in [-0.15, -0.1) is 0 Å². The van der Waals surface area contributed by atoms with Crippen molar-refractivity contribution in [2.24, 2.45) is 5.92 Å². The lowest BCUT2D eigenvalue weighted by Crippen LogP contribution is -2.16. The molecule has 25 heavy (non-hydrogen) atoms. The molecule has 1 fully saturated rings. The van der Waals surface area contributed by atoms with Gasteiger partial charge in [-0.3, -0.25) is 0 Å². The van der Waals surface area contributed by atoms with Crippen LogP contribution in [0.1, 0.15) is 40.7 Å². The Kier molecular flexibility index (Phi) is 3.97. The van der Waals surface area contributed by atoms with Gasteiger partial charge in [-0.05, 0) is 49.6 Å². The topological polar surface area (TPSA) is 82.8 Å². The van der Waals surface area contributed by atoms with Crippen LogP contribution in [0.3, 0.4) is 0 Å². The molecule has 0 aliphatic heterocycles. The third-order valence-electron chi connectivity index (χ3n) is 4.24. The highest BCUT2D eigenvalue weighted by molar-refractivity contribution is 5.91. The lowest BCUT2D eigenvalue weighted by atomic mass is 10.1. The van der Waals surface area contributed by atoms with Crippen molar-refractivity contribution in [2.45, 2.75) is 25.9 Å². The molecule has 2 aromatic heterocycles. The molecular formula is C18H17N5O2. The molecule has 3 aromatic rings. The molecule has 0 spiro atoms. The fourth-order valence-electron chi connectivity index (χ4n) is 2.76. The van der Waals surface area contributed by atoms with Crippen LogP contribution in [0, 0.1) is 12.8 Å². The zero-order valence-corrected chi connectivity index (χ0v) is 13.7. The Bertz CT molecular complexity index is 876. The summed E-state index contributed by atoms with van der Waals surface area (Å²) in [5, 5.41) is 4.09. The van der Waals surface area contributed by atoms with Crippen LogP contribution in [0.2, 0.25) is 0 Å². The first-order valence-corrected chi connectivity index (χ1v) is 8.16. The molecule has 1 saturated carbocycles. The van der Waals surface area contributed by atoms with Gasteiger partial charge >= 0.3 is 5.97 Å². The Morgan fingerprint density at radius 2 is 2.08 bits per heavy atom. The molecule has 0 amide bonds. The van der Waals surface area contributed by atoms with Gasteiger partial charge in [0.2, 0.25) is 0 Å². The van der Waals surface area contributed by atoms with Crippen LogP contribution in [-0.2, 0) is 4.74 Å². The summed E-state index contributed by atoms with van der Waals surface area (Å²) in [7, 11) is 0. The van der Waals surface area contributed by atoms with E-state index in [-0.39, 0.29) is 12.1 Å². The zero-order chi connectivity index (χ0) is 17.2. The van der Waals surface area contributed by atoms with E-state index in [1.165, 1.54) is 6.33 Å². The standard InChI is InChI=1S/C18H17N5O2/c1-12-9-14(23-11-19-10-22-23)5-6-15(12)18(24)25-16(13-3-4-13)17-20-7-2-8-21-17/h2,5-11,13,16H,3-4H2,1H3/t16-/m1/s1. The minimum absolute atomic E-state index is 0.307. The van der Waals surface area contributed by atoms with E-state index in [2.05, 4.69) is 20.1 Å². The molecule has 7 nitrogen and oxygen atoms in total. The van der Waals surface area contributed by atoms with Crippen LogP contribution in [0.5, 0.6) is 0 Å². The molecule has 0 radical (unpaired) electrons. The first kappa shape index (κ1) is 15.4. The van der Waals surface area contributed by atoms with Crippen molar-refractivity contribution in [3.05, 3.63) is 66.3 Å². The summed E-state index contributed by atoms with van der Waals surface area (Å²) in [4.78, 5) is 25.1. The number of ether oxygens (including phenoxy) is 1. The third kappa shape index (κ3) is 3.26. The van der Waals surface area contributed by atoms with E-state index in [0.29, 0.717) is 17.3 Å². The Hall–Kier alpha value is -3.09. The number of aryl methyl sites for hydroxylation is 1. The quantitative estimate of drug-likeness (QED) is 0.667. The molecule has 4 rings (SSSR count). The lowest BCUT2D eigenvalue weighted by Gasteiger charge is -2.17. The SMILES string of the molecule is Cc1cc(-n2cncn2)ccc1C(=O)O[C@@H](c1ncccn1)C1CC1. The van der Waals surface area contributed by atoms with Gasteiger partial charge in [0.25, 0.3) is 0 Å². The number of nitrogens with zero attached hydrogens (tertiary/aromatic N) is 5. The predicted octanol–water partition coefficient (Wildman–Crippen LogP) is 2.67.